The lowest BCUT2D eigenvalue weighted by molar-refractivity contribution is -0.125. The second-order valence-corrected chi connectivity index (χ2v) is 7.42. The van der Waals surface area contributed by atoms with Crippen molar-refractivity contribution in [1.29, 1.82) is 0 Å². The number of aromatic nitrogens is 3. The summed E-state index contributed by atoms with van der Waals surface area (Å²) < 4.78 is 3.32. The topological polar surface area (TPSA) is 68.9 Å². The lowest BCUT2D eigenvalue weighted by atomic mass is 9.89. The summed E-state index contributed by atoms with van der Waals surface area (Å²) in [4.78, 5) is 25.0. The summed E-state index contributed by atoms with van der Waals surface area (Å²) >= 11 is 0. The SMILES string of the molecule is O=C(NCCn1nc(-c2ccccc2)n(C2CC2)c1=O)C1CCCCC1. The van der Waals surface area contributed by atoms with Crippen LogP contribution in [0.25, 0.3) is 11.4 Å². The highest BCUT2D eigenvalue weighted by atomic mass is 16.2. The van der Waals surface area contributed by atoms with Crippen LogP contribution in [0.5, 0.6) is 0 Å². The molecule has 2 aliphatic carbocycles. The van der Waals surface area contributed by atoms with Gasteiger partial charge in [-0.15, -0.1) is 5.10 Å². The van der Waals surface area contributed by atoms with Crippen LogP contribution in [0.3, 0.4) is 0 Å². The van der Waals surface area contributed by atoms with Crippen LogP contribution in [-0.4, -0.2) is 26.8 Å². The van der Waals surface area contributed by atoms with Gasteiger partial charge in [0.15, 0.2) is 5.82 Å². The van der Waals surface area contributed by atoms with Gasteiger partial charge in [0.1, 0.15) is 0 Å². The predicted octanol–water partition coefficient (Wildman–Crippen LogP) is 2.74. The number of hydrogen-bond acceptors (Lipinski definition) is 3. The van der Waals surface area contributed by atoms with Gasteiger partial charge in [-0.05, 0) is 25.7 Å². The minimum Gasteiger partial charge on any atom is -0.354 e. The van der Waals surface area contributed by atoms with Gasteiger partial charge < -0.3 is 5.32 Å². The third-order valence-corrected chi connectivity index (χ3v) is 5.41. The first-order valence-electron chi connectivity index (χ1n) is 9.76. The van der Waals surface area contributed by atoms with Gasteiger partial charge >= 0.3 is 5.69 Å². The van der Waals surface area contributed by atoms with E-state index in [1.165, 1.54) is 11.1 Å². The molecule has 0 aliphatic heterocycles. The number of carbonyl (C=O) groups excluding carboxylic acids is 1. The van der Waals surface area contributed by atoms with Crippen LogP contribution < -0.4 is 11.0 Å². The first-order valence-corrected chi connectivity index (χ1v) is 9.76. The van der Waals surface area contributed by atoms with Gasteiger partial charge in [0.25, 0.3) is 0 Å². The highest BCUT2D eigenvalue weighted by molar-refractivity contribution is 5.78. The Morgan fingerprint density at radius 3 is 2.50 bits per heavy atom. The van der Waals surface area contributed by atoms with Crippen LogP contribution in [0.2, 0.25) is 0 Å². The zero-order valence-electron chi connectivity index (χ0n) is 15.1. The number of amides is 1. The fraction of sp³-hybridized carbons (Fsp3) is 0.550. The smallest absolute Gasteiger partial charge is 0.346 e. The first-order chi connectivity index (χ1) is 12.7. The second kappa shape index (κ2) is 7.48. The zero-order valence-corrected chi connectivity index (χ0v) is 15.1. The minimum absolute atomic E-state index is 0.0710. The molecule has 0 unspecified atom stereocenters. The van der Waals surface area contributed by atoms with Gasteiger partial charge in [0, 0.05) is 24.1 Å². The molecule has 2 fully saturated rings. The molecular formula is C20H26N4O2. The number of rotatable bonds is 6. The number of hydrogen-bond donors (Lipinski definition) is 1. The van der Waals surface area contributed by atoms with Crippen LogP contribution in [0, 0.1) is 5.92 Å². The van der Waals surface area contributed by atoms with Gasteiger partial charge in [-0.1, -0.05) is 49.6 Å². The molecule has 2 saturated carbocycles. The van der Waals surface area contributed by atoms with Gasteiger partial charge in [-0.25, -0.2) is 9.48 Å². The van der Waals surface area contributed by atoms with E-state index < -0.39 is 0 Å². The quantitative estimate of drug-likeness (QED) is 0.867. The van der Waals surface area contributed by atoms with E-state index in [0.29, 0.717) is 13.1 Å². The Bertz CT molecular complexity index is 814. The lowest BCUT2D eigenvalue weighted by Gasteiger charge is -2.20. The minimum atomic E-state index is -0.0710. The molecule has 0 saturated heterocycles. The molecule has 0 spiro atoms. The Hall–Kier alpha value is -2.37. The maximum absolute atomic E-state index is 12.8. The maximum Gasteiger partial charge on any atom is 0.346 e. The van der Waals surface area contributed by atoms with Crippen LogP contribution in [-0.2, 0) is 11.3 Å². The monoisotopic (exact) mass is 354 g/mol. The van der Waals surface area contributed by atoms with Gasteiger partial charge in [0.05, 0.1) is 6.54 Å². The Labute approximate surface area is 153 Å². The third kappa shape index (κ3) is 3.59. The summed E-state index contributed by atoms with van der Waals surface area (Å²) in [7, 11) is 0. The van der Waals surface area contributed by atoms with Crippen molar-refractivity contribution in [1.82, 2.24) is 19.7 Å². The Morgan fingerprint density at radius 2 is 1.81 bits per heavy atom. The second-order valence-electron chi connectivity index (χ2n) is 7.42. The largest absolute Gasteiger partial charge is 0.354 e. The van der Waals surface area contributed by atoms with Crippen molar-refractivity contribution in [3.8, 4) is 11.4 Å². The van der Waals surface area contributed by atoms with Crippen molar-refractivity contribution in [3.63, 3.8) is 0 Å². The molecule has 0 atom stereocenters. The highest BCUT2D eigenvalue weighted by Crippen LogP contribution is 2.36. The standard InChI is InChI=1S/C20H26N4O2/c25-19(16-9-5-2-6-10-16)21-13-14-23-20(26)24(17-11-12-17)18(22-23)15-7-3-1-4-8-15/h1,3-4,7-8,16-17H,2,5-6,9-14H2,(H,21,25). The summed E-state index contributed by atoms with van der Waals surface area (Å²) in [6.45, 7) is 0.863. The molecule has 4 rings (SSSR count). The van der Waals surface area contributed by atoms with Gasteiger partial charge in [-0.3, -0.25) is 9.36 Å². The average molecular weight is 354 g/mol. The van der Waals surface area contributed by atoms with E-state index in [-0.39, 0.29) is 23.6 Å². The van der Waals surface area contributed by atoms with Crippen LogP contribution in [0.15, 0.2) is 35.1 Å². The van der Waals surface area contributed by atoms with E-state index in [2.05, 4.69) is 10.4 Å². The van der Waals surface area contributed by atoms with Crippen LogP contribution in [0.4, 0.5) is 0 Å². The Morgan fingerprint density at radius 1 is 1.08 bits per heavy atom. The molecule has 1 heterocycles. The average Bonchev–Trinajstić information content (AvgIpc) is 3.47. The summed E-state index contributed by atoms with van der Waals surface area (Å²) in [5, 5.41) is 7.56. The van der Waals surface area contributed by atoms with Crippen LogP contribution >= 0.6 is 0 Å². The maximum atomic E-state index is 12.8. The molecule has 0 radical (unpaired) electrons. The molecule has 1 aromatic carbocycles. The fourth-order valence-electron chi connectivity index (χ4n) is 3.81. The molecule has 2 aromatic rings. The van der Waals surface area contributed by atoms with Crippen molar-refractivity contribution in [3.05, 3.63) is 40.8 Å². The van der Waals surface area contributed by atoms with Gasteiger partial charge in [-0.2, -0.15) is 0 Å². The van der Waals surface area contributed by atoms with Crippen molar-refractivity contribution >= 4 is 5.91 Å². The molecule has 1 aromatic heterocycles. The molecule has 1 N–H and O–H groups in total. The molecule has 6 nitrogen and oxygen atoms in total. The number of nitrogens with zero attached hydrogens (tertiary/aromatic N) is 3. The summed E-state index contributed by atoms with van der Waals surface area (Å²) in [5.74, 6) is 1.00. The van der Waals surface area contributed by atoms with Crippen molar-refractivity contribution in [2.24, 2.45) is 5.92 Å². The van der Waals surface area contributed by atoms with Crippen LogP contribution in [0.1, 0.15) is 51.0 Å². The van der Waals surface area contributed by atoms with E-state index in [0.717, 1.165) is 49.9 Å². The highest BCUT2D eigenvalue weighted by Gasteiger charge is 2.30. The first kappa shape index (κ1) is 17.1. The normalized spacial score (nSPS) is 18.0. The van der Waals surface area contributed by atoms with Crippen molar-refractivity contribution in [2.45, 2.75) is 57.5 Å². The number of carbonyl (C=O) groups is 1. The fourth-order valence-corrected chi connectivity index (χ4v) is 3.81. The Balaban J connectivity index is 1.45. The molecular weight excluding hydrogens is 328 g/mol. The van der Waals surface area contributed by atoms with Gasteiger partial charge in [0.2, 0.25) is 5.91 Å². The molecule has 138 valence electrons. The van der Waals surface area contributed by atoms with Crippen molar-refractivity contribution < 1.29 is 4.79 Å². The zero-order chi connectivity index (χ0) is 17.9. The lowest BCUT2D eigenvalue weighted by Crippen LogP contribution is -2.36. The van der Waals surface area contributed by atoms with E-state index in [4.69, 9.17) is 0 Å². The summed E-state index contributed by atoms with van der Waals surface area (Å²) in [6.07, 6.45) is 7.56. The summed E-state index contributed by atoms with van der Waals surface area (Å²) in [5.41, 5.74) is 0.889. The van der Waals surface area contributed by atoms with Crippen molar-refractivity contribution in [2.75, 3.05) is 6.54 Å². The predicted molar refractivity (Wildman–Crippen MR) is 99.8 cm³/mol. The Kier molecular flexibility index (Phi) is 4.91. The number of nitrogens with one attached hydrogen (secondary N) is 1. The summed E-state index contributed by atoms with van der Waals surface area (Å²) in [6, 6.07) is 10.1. The molecule has 2 aliphatic rings. The molecule has 1 amide bonds. The van der Waals surface area contributed by atoms with E-state index >= 15 is 0 Å². The number of benzene rings is 1. The molecule has 26 heavy (non-hydrogen) atoms. The third-order valence-electron chi connectivity index (χ3n) is 5.41. The molecule has 0 bridgehead atoms. The van der Waals surface area contributed by atoms with E-state index in [1.54, 1.807) is 0 Å². The molecule has 6 heteroatoms. The van der Waals surface area contributed by atoms with E-state index in [1.807, 2.05) is 34.9 Å². The van der Waals surface area contributed by atoms with E-state index in [9.17, 15) is 9.59 Å².